The van der Waals surface area contributed by atoms with Crippen LogP contribution in [0.2, 0.25) is 0 Å². The van der Waals surface area contributed by atoms with E-state index < -0.39 is 42.3 Å². The molecule has 4 rings (SSSR count). The Morgan fingerprint density at radius 1 is 0.795 bits per heavy atom. The van der Waals surface area contributed by atoms with E-state index in [1.165, 1.54) is 24.3 Å². The molecule has 10 nitrogen and oxygen atoms in total. The molecule has 0 aromatic heterocycles. The average molecular weight is 541 g/mol. The number of carbonyl (C=O) groups is 3. The van der Waals surface area contributed by atoms with Gasteiger partial charge in [0.2, 0.25) is 0 Å². The summed E-state index contributed by atoms with van der Waals surface area (Å²) in [5.74, 6) is -0.774. The second-order valence-electron chi connectivity index (χ2n) is 9.19. The van der Waals surface area contributed by atoms with Gasteiger partial charge in [-0.3, -0.25) is 0 Å². The summed E-state index contributed by atoms with van der Waals surface area (Å²) in [6.07, 6.45) is 2.33. The molecular weight excluding hydrogens is 508 g/mol. The zero-order chi connectivity index (χ0) is 27.6. The van der Waals surface area contributed by atoms with Gasteiger partial charge in [0.05, 0.1) is 37.6 Å². The van der Waals surface area contributed by atoms with Gasteiger partial charge in [-0.25, -0.2) is 14.4 Å². The molecule has 0 saturated carbocycles. The van der Waals surface area contributed by atoms with Gasteiger partial charge in [-0.2, -0.15) is 0 Å². The van der Waals surface area contributed by atoms with Gasteiger partial charge in [0.1, 0.15) is 23.7 Å². The van der Waals surface area contributed by atoms with E-state index in [1.54, 1.807) is 24.3 Å². The van der Waals surface area contributed by atoms with Crippen molar-refractivity contribution in [2.45, 2.75) is 50.1 Å². The second kappa shape index (κ2) is 13.8. The molecule has 0 amide bonds. The first-order valence-corrected chi connectivity index (χ1v) is 12.9. The summed E-state index contributed by atoms with van der Waals surface area (Å²) >= 11 is 0. The van der Waals surface area contributed by atoms with Crippen LogP contribution < -0.4 is 4.74 Å². The highest BCUT2D eigenvalue weighted by Gasteiger charge is 2.51. The van der Waals surface area contributed by atoms with Crippen LogP contribution in [0.25, 0.3) is 0 Å². The third-order valence-corrected chi connectivity index (χ3v) is 6.39. The van der Waals surface area contributed by atoms with Gasteiger partial charge in [0.25, 0.3) is 0 Å². The second-order valence-corrected chi connectivity index (χ2v) is 9.19. The van der Waals surface area contributed by atoms with Crippen molar-refractivity contribution in [1.29, 1.82) is 0 Å². The number of unbranched alkanes of at least 4 members (excludes halogenated alkanes) is 3. The maximum atomic E-state index is 12.7. The van der Waals surface area contributed by atoms with Crippen LogP contribution in [0.1, 0.15) is 46.4 Å². The molecule has 208 valence electrons. The number of fused-ring (bicyclic) bond motifs is 1. The van der Waals surface area contributed by atoms with Crippen molar-refractivity contribution in [2.75, 3.05) is 26.4 Å². The van der Waals surface area contributed by atoms with Crippen LogP contribution in [0.4, 0.5) is 0 Å². The highest BCUT2D eigenvalue weighted by Crippen LogP contribution is 2.31. The molecule has 2 aromatic rings. The third kappa shape index (κ3) is 7.81. The highest BCUT2D eigenvalue weighted by atomic mass is 16.7. The number of phenolic OH excluding ortho intramolecular Hbond substituents is 1. The molecule has 0 bridgehead atoms. The number of esters is 3. The summed E-state index contributed by atoms with van der Waals surface area (Å²) in [5, 5.41) is 9.38. The van der Waals surface area contributed by atoms with Crippen molar-refractivity contribution >= 4 is 17.9 Å². The van der Waals surface area contributed by atoms with E-state index in [2.05, 4.69) is 6.58 Å². The molecule has 2 aliphatic rings. The average Bonchev–Trinajstić information content (AvgIpc) is 3.53. The Morgan fingerprint density at radius 3 is 1.85 bits per heavy atom. The Bertz CT molecular complexity index is 1130. The summed E-state index contributed by atoms with van der Waals surface area (Å²) in [7, 11) is 0. The number of hydrogen-bond donors (Lipinski definition) is 1. The first-order valence-electron chi connectivity index (χ1n) is 12.9. The number of rotatable bonds is 13. The fourth-order valence-corrected chi connectivity index (χ4v) is 4.31. The number of aromatic hydroxyl groups is 1. The number of carbonyl (C=O) groups excluding carboxylic acids is 3. The van der Waals surface area contributed by atoms with Crippen molar-refractivity contribution in [1.82, 2.24) is 0 Å². The topological polar surface area (TPSA) is 127 Å². The van der Waals surface area contributed by atoms with Crippen molar-refractivity contribution in [3.8, 4) is 11.5 Å². The lowest BCUT2D eigenvalue weighted by molar-refractivity contribution is -0.137. The fourth-order valence-electron chi connectivity index (χ4n) is 4.31. The largest absolute Gasteiger partial charge is 0.508 e. The third-order valence-electron chi connectivity index (χ3n) is 6.39. The molecular formula is C29H32O10. The summed E-state index contributed by atoms with van der Waals surface area (Å²) in [6.45, 7) is 4.53. The van der Waals surface area contributed by atoms with Gasteiger partial charge in [-0.05, 0) is 74.2 Å². The van der Waals surface area contributed by atoms with Gasteiger partial charge < -0.3 is 33.5 Å². The van der Waals surface area contributed by atoms with E-state index >= 15 is 0 Å². The summed E-state index contributed by atoms with van der Waals surface area (Å²) in [5.41, 5.74) is 0.668. The molecule has 2 saturated heterocycles. The Morgan fingerprint density at radius 2 is 1.31 bits per heavy atom. The minimum absolute atomic E-state index is 0.0516. The summed E-state index contributed by atoms with van der Waals surface area (Å²) < 4.78 is 33.3. The normalized spacial score (nSPS) is 21.5. The van der Waals surface area contributed by atoms with E-state index in [9.17, 15) is 19.5 Å². The van der Waals surface area contributed by atoms with Gasteiger partial charge in [0.15, 0.2) is 12.2 Å². The van der Waals surface area contributed by atoms with E-state index in [-0.39, 0.29) is 19.0 Å². The van der Waals surface area contributed by atoms with Crippen LogP contribution >= 0.6 is 0 Å². The molecule has 0 unspecified atom stereocenters. The zero-order valence-electron chi connectivity index (χ0n) is 21.5. The van der Waals surface area contributed by atoms with Crippen LogP contribution in [0, 0.1) is 0 Å². The minimum Gasteiger partial charge on any atom is -0.508 e. The smallest absolute Gasteiger partial charge is 0.338 e. The van der Waals surface area contributed by atoms with Crippen LogP contribution in [0.15, 0.2) is 61.2 Å². The predicted octanol–water partition coefficient (Wildman–Crippen LogP) is 3.61. The molecule has 2 heterocycles. The molecule has 2 aromatic carbocycles. The lowest BCUT2D eigenvalue weighted by Crippen LogP contribution is -2.36. The SMILES string of the molecule is C=CC(=O)OCCCCCCOc1ccc(C(=O)O[C@H]2CO[C@H]3[C@@H]2OC[C@H]3OC(=O)c2ccc(O)cc2)cc1. The number of ether oxygens (including phenoxy) is 6. The standard InChI is InChI=1S/C29H32O10/c1-2-25(31)35-16-6-4-3-5-15-34-22-13-9-20(10-14-22)29(33)39-24-18-37-26-23(17-36-27(24)26)38-28(32)19-7-11-21(30)12-8-19/h2,7-14,23-24,26-27,30H,1,3-6,15-18H2/t23-,24+,26-,27-/m1/s1. The molecule has 2 aliphatic heterocycles. The minimum atomic E-state index is -0.633. The molecule has 2 fully saturated rings. The summed E-state index contributed by atoms with van der Waals surface area (Å²) in [4.78, 5) is 36.1. The Balaban J connectivity index is 1.16. The molecule has 0 spiro atoms. The molecule has 0 radical (unpaired) electrons. The monoisotopic (exact) mass is 540 g/mol. The maximum absolute atomic E-state index is 12.7. The van der Waals surface area contributed by atoms with Crippen LogP contribution in [0.5, 0.6) is 11.5 Å². The summed E-state index contributed by atoms with van der Waals surface area (Å²) in [6, 6.07) is 12.4. The molecule has 39 heavy (non-hydrogen) atoms. The van der Waals surface area contributed by atoms with E-state index in [0.29, 0.717) is 30.1 Å². The van der Waals surface area contributed by atoms with Crippen molar-refractivity contribution in [3.05, 3.63) is 72.3 Å². The fraction of sp³-hybridized carbons (Fsp3) is 0.414. The Labute approximate surface area is 226 Å². The number of benzene rings is 2. The first kappa shape index (κ1) is 28.1. The van der Waals surface area contributed by atoms with Crippen molar-refractivity contribution < 1.29 is 47.9 Å². The van der Waals surface area contributed by atoms with Crippen LogP contribution in [-0.2, 0) is 28.5 Å². The quantitative estimate of drug-likeness (QED) is 0.174. The zero-order valence-corrected chi connectivity index (χ0v) is 21.5. The van der Waals surface area contributed by atoms with E-state index in [1.807, 2.05) is 0 Å². The first-order chi connectivity index (χ1) is 18.9. The lowest BCUT2D eigenvalue weighted by atomic mass is 10.1. The van der Waals surface area contributed by atoms with Gasteiger partial charge in [-0.1, -0.05) is 6.58 Å². The molecule has 10 heteroatoms. The number of hydrogen-bond acceptors (Lipinski definition) is 10. The van der Waals surface area contributed by atoms with Gasteiger partial charge in [0, 0.05) is 6.08 Å². The predicted molar refractivity (Wildman–Crippen MR) is 138 cm³/mol. The van der Waals surface area contributed by atoms with Crippen LogP contribution in [-0.4, -0.2) is 73.9 Å². The molecule has 1 N–H and O–H groups in total. The van der Waals surface area contributed by atoms with E-state index in [4.69, 9.17) is 28.4 Å². The lowest BCUT2D eigenvalue weighted by Gasteiger charge is -2.17. The van der Waals surface area contributed by atoms with Crippen molar-refractivity contribution in [3.63, 3.8) is 0 Å². The number of phenols is 1. The van der Waals surface area contributed by atoms with Crippen LogP contribution in [0.3, 0.4) is 0 Å². The Hall–Kier alpha value is -3.89. The van der Waals surface area contributed by atoms with Gasteiger partial charge >= 0.3 is 17.9 Å². The maximum Gasteiger partial charge on any atom is 0.338 e. The highest BCUT2D eigenvalue weighted by molar-refractivity contribution is 5.90. The Kier molecular flexibility index (Phi) is 9.93. The van der Waals surface area contributed by atoms with Gasteiger partial charge in [-0.15, -0.1) is 0 Å². The molecule has 0 aliphatic carbocycles. The van der Waals surface area contributed by atoms with Crippen molar-refractivity contribution in [2.24, 2.45) is 0 Å². The molecule has 4 atom stereocenters. The van der Waals surface area contributed by atoms with E-state index in [0.717, 1.165) is 31.8 Å².